The zero-order chi connectivity index (χ0) is 30.5. The van der Waals surface area contributed by atoms with E-state index in [0.717, 1.165) is 0 Å². The largest absolute Gasteiger partial charge is 0.442 e. The Labute approximate surface area is 242 Å². The summed E-state index contributed by atoms with van der Waals surface area (Å²) < 4.78 is 44.0. The van der Waals surface area contributed by atoms with Crippen LogP contribution in [-0.2, 0) is 24.2 Å². The van der Waals surface area contributed by atoms with Crippen molar-refractivity contribution in [1.29, 1.82) is 0 Å². The van der Waals surface area contributed by atoms with Gasteiger partial charge in [-0.25, -0.2) is 17.6 Å². The maximum absolute atomic E-state index is 14.6. The molecule has 0 aromatic heterocycles. The molecule has 41 heavy (non-hydrogen) atoms. The van der Waals surface area contributed by atoms with Crippen molar-refractivity contribution in [1.82, 2.24) is 4.90 Å². The standard InChI is InChI=1S/C30H41FN2O7S/c1-19-6-8-25(34)18-26(35)29(36)28(20(2)7-9-27(19)40-30(37)32(4)5)21(3)14-22-15-23(31)17-24(16-22)33-10-12-41(38,39)13-11-33/h7,9,14-17,19-20,25,27-28,34H,6,8,10-13,18H2,1-5H3/b9-7+,21-14+/t19-,20-,25+,27-,28-/m0/s1. The minimum Gasteiger partial charge on any atom is -0.442 e. The number of carbonyl (C=O) groups is 3. The Kier molecular flexibility index (Phi) is 10.9. The highest BCUT2D eigenvalue weighted by Gasteiger charge is 2.33. The summed E-state index contributed by atoms with van der Waals surface area (Å²) >= 11 is 0. The summed E-state index contributed by atoms with van der Waals surface area (Å²) in [6.45, 7) is 5.90. The van der Waals surface area contributed by atoms with Crippen LogP contribution in [0.25, 0.3) is 6.08 Å². The van der Waals surface area contributed by atoms with E-state index in [1.54, 1.807) is 52.2 Å². The molecule has 3 rings (SSSR count). The Morgan fingerprint density at radius 2 is 1.76 bits per heavy atom. The monoisotopic (exact) mass is 592 g/mol. The molecule has 1 amide bonds. The number of aliphatic hydroxyl groups is 1. The quantitative estimate of drug-likeness (QED) is 0.416. The number of rotatable bonds is 4. The molecule has 11 heteroatoms. The van der Waals surface area contributed by atoms with Crippen LogP contribution in [0, 0.1) is 23.6 Å². The lowest BCUT2D eigenvalue weighted by molar-refractivity contribution is -0.140. The normalized spacial score (nSPS) is 28.8. The van der Waals surface area contributed by atoms with Crippen LogP contribution in [0.1, 0.15) is 45.6 Å². The summed E-state index contributed by atoms with van der Waals surface area (Å²) in [5.41, 5.74) is 1.54. The van der Waals surface area contributed by atoms with E-state index in [2.05, 4.69) is 0 Å². The molecule has 1 fully saturated rings. The zero-order valence-corrected chi connectivity index (χ0v) is 25.2. The number of hydrogen-bond acceptors (Lipinski definition) is 8. The molecule has 1 aromatic carbocycles. The molecule has 1 saturated heterocycles. The Bertz CT molecular complexity index is 1290. The summed E-state index contributed by atoms with van der Waals surface area (Å²) in [6.07, 6.45) is 3.46. The lowest BCUT2D eigenvalue weighted by atomic mass is 9.80. The molecule has 1 heterocycles. The lowest BCUT2D eigenvalue weighted by Crippen LogP contribution is -2.40. The van der Waals surface area contributed by atoms with E-state index in [9.17, 15) is 32.3 Å². The van der Waals surface area contributed by atoms with Gasteiger partial charge >= 0.3 is 6.09 Å². The number of allylic oxidation sites excluding steroid dienone is 2. The smallest absolute Gasteiger partial charge is 0.409 e. The molecule has 0 radical (unpaired) electrons. The molecule has 0 spiro atoms. The molecular weight excluding hydrogens is 551 g/mol. The minimum atomic E-state index is -3.11. The number of hydrogen-bond donors (Lipinski definition) is 1. The first-order valence-electron chi connectivity index (χ1n) is 13.9. The van der Waals surface area contributed by atoms with E-state index < -0.39 is 57.4 Å². The van der Waals surface area contributed by atoms with Crippen LogP contribution in [-0.4, -0.2) is 87.0 Å². The maximum atomic E-state index is 14.6. The first kappa shape index (κ1) is 32.5. The summed E-state index contributed by atoms with van der Waals surface area (Å²) in [5.74, 6) is -3.36. The Balaban J connectivity index is 1.96. The van der Waals surface area contributed by atoms with Crippen molar-refractivity contribution in [3.8, 4) is 0 Å². The predicted octanol–water partition coefficient (Wildman–Crippen LogP) is 3.66. The van der Waals surface area contributed by atoms with Crippen molar-refractivity contribution in [2.75, 3.05) is 43.6 Å². The van der Waals surface area contributed by atoms with Crippen LogP contribution in [0.5, 0.6) is 0 Å². The minimum absolute atomic E-state index is 0.00837. The average molecular weight is 593 g/mol. The molecule has 1 aliphatic heterocycles. The molecule has 1 aromatic rings. The topological polar surface area (TPSA) is 121 Å². The van der Waals surface area contributed by atoms with Crippen LogP contribution in [0.2, 0.25) is 0 Å². The number of benzene rings is 1. The van der Waals surface area contributed by atoms with E-state index in [1.807, 2.05) is 11.8 Å². The Morgan fingerprint density at radius 3 is 2.39 bits per heavy atom. The first-order valence-corrected chi connectivity index (χ1v) is 15.7. The van der Waals surface area contributed by atoms with Crippen molar-refractivity contribution in [2.45, 2.75) is 52.2 Å². The van der Waals surface area contributed by atoms with E-state index in [-0.39, 0.29) is 43.4 Å². The Hall–Kier alpha value is -3.05. The van der Waals surface area contributed by atoms with Gasteiger partial charge in [0, 0.05) is 39.3 Å². The van der Waals surface area contributed by atoms with Gasteiger partial charge in [0.1, 0.15) is 11.9 Å². The van der Waals surface area contributed by atoms with Gasteiger partial charge in [-0.3, -0.25) is 9.59 Å². The number of aliphatic hydroxyl groups excluding tert-OH is 1. The molecule has 0 bridgehead atoms. The van der Waals surface area contributed by atoms with Gasteiger partial charge in [0.2, 0.25) is 11.6 Å². The van der Waals surface area contributed by atoms with Gasteiger partial charge in [-0.1, -0.05) is 31.6 Å². The number of sulfone groups is 1. The van der Waals surface area contributed by atoms with E-state index in [4.69, 9.17) is 4.74 Å². The van der Waals surface area contributed by atoms with Gasteiger partial charge in [-0.15, -0.1) is 0 Å². The average Bonchev–Trinajstić information content (AvgIpc) is 2.88. The van der Waals surface area contributed by atoms with Gasteiger partial charge < -0.3 is 19.6 Å². The second-order valence-electron chi connectivity index (χ2n) is 11.4. The number of Topliss-reactive ketones (excluding diaryl/α,β-unsaturated/α-hetero) is 2. The molecule has 1 aliphatic carbocycles. The van der Waals surface area contributed by atoms with Gasteiger partial charge in [-0.2, -0.15) is 0 Å². The molecule has 1 N–H and O–H groups in total. The van der Waals surface area contributed by atoms with E-state index in [1.165, 1.54) is 17.0 Å². The highest BCUT2D eigenvalue weighted by atomic mass is 32.2. The van der Waals surface area contributed by atoms with Crippen molar-refractivity contribution >= 4 is 39.3 Å². The zero-order valence-electron chi connectivity index (χ0n) is 24.4. The molecular formula is C30H41FN2O7S. The summed E-state index contributed by atoms with van der Waals surface area (Å²) in [7, 11) is 0.0573. The van der Waals surface area contributed by atoms with Crippen LogP contribution < -0.4 is 4.90 Å². The fourth-order valence-corrected chi connectivity index (χ4v) is 6.42. The number of nitrogens with zero attached hydrogens (tertiary/aromatic N) is 2. The van der Waals surface area contributed by atoms with Crippen molar-refractivity contribution in [2.24, 2.45) is 17.8 Å². The molecule has 5 atom stereocenters. The SMILES string of the molecule is C/C(=C\c1cc(F)cc(N2CCS(=O)(=O)CC2)c1)[C@H]1C(=O)C(=O)C[C@H](O)CC[C@H](C)[C@@H](OC(=O)N(C)C)/C=C/[C@@H]1C. The number of amides is 1. The fraction of sp³-hybridized carbons (Fsp3) is 0.567. The molecule has 226 valence electrons. The van der Waals surface area contributed by atoms with Crippen molar-refractivity contribution < 1.29 is 37.0 Å². The second-order valence-corrected chi connectivity index (χ2v) is 13.7. The third-order valence-corrected chi connectivity index (χ3v) is 9.34. The third-order valence-electron chi connectivity index (χ3n) is 7.73. The number of ketones is 2. The van der Waals surface area contributed by atoms with Crippen LogP contribution in [0.3, 0.4) is 0 Å². The molecule has 0 saturated carbocycles. The lowest BCUT2D eigenvalue weighted by Gasteiger charge is -2.29. The molecule has 9 nitrogen and oxygen atoms in total. The second kappa shape index (κ2) is 13.7. The first-order chi connectivity index (χ1) is 19.2. The number of anilines is 1. The van der Waals surface area contributed by atoms with E-state index >= 15 is 0 Å². The predicted molar refractivity (Wildman–Crippen MR) is 156 cm³/mol. The Morgan fingerprint density at radius 1 is 1.10 bits per heavy atom. The third kappa shape index (κ3) is 8.97. The number of carbonyl (C=O) groups excluding carboxylic acids is 3. The maximum Gasteiger partial charge on any atom is 0.409 e. The number of halogens is 1. The van der Waals surface area contributed by atoms with Crippen molar-refractivity contribution in [3.05, 3.63) is 47.3 Å². The van der Waals surface area contributed by atoms with E-state index in [0.29, 0.717) is 23.2 Å². The molecule has 0 unspecified atom stereocenters. The fourth-order valence-electron chi connectivity index (χ4n) is 5.22. The highest BCUT2D eigenvalue weighted by Crippen LogP contribution is 2.30. The van der Waals surface area contributed by atoms with Crippen LogP contribution in [0.15, 0.2) is 35.9 Å². The van der Waals surface area contributed by atoms with Gasteiger partial charge in [-0.05, 0) is 61.4 Å². The van der Waals surface area contributed by atoms with Crippen LogP contribution >= 0.6 is 0 Å². The molecule has 2 aliphatic rings. The highest BCUT2D eigenvalue weighted by molar-refractivity contribution is 7.91. The summed E-state index contributed by atoms with van der Waals surface area (Å²) in [5, 5.41) is 10.5. The summed E-state index contributed by atoms with van der Waals surface area (Å²) in [4.78, 5) is 41.8. The van der Waals surface area contributed by atoms with Crippen molar-refractivity contribution in [3.63, 3.8) is 0 Å². The van der Waals surface area contributed by atoms with Gasteiger partial charge in [0.05, 0.1) is 23.5 Å². The van der Waals surface area contributed by atoms with Gasteiger partial charge in [0.15, 0.2) is 9.84 Å². The number of ether oxygens (including phenoxy) is 1. The van der Waals surface area contributed by atoms with Gasteiger partial charge in [0.25, 0.3) is 0 Å². The van der Waals surface area contributed by atoms with Crippen LogP contribution in [0.4, 0.5) is 14.9 Å². The summed E-state index contributed by atoms with van der Waals surface area (Å²) in [6, 6.07) is 4.39.